The molecule has 1 aliphatic heterocycles. The van der Waals surface area contributed by atoms with Crippen LogP contribution in [0.1, 0.15) is 33.1 Å². The first-order valence-corrected chi connectivity index (χ1v) is 14.9. The highest BCUT2D eigenvalue weighted by Gasteiger charge is 2.94. The first-order valence-electron chi connectivity index (χ1n) is 11.9. The fraction of sp³-hybridized carbons (Fsp3) is 0.407. The average molecular weight is 495 g/mol. The Kier molecular flexibility index (Phi) is 3.91. The van der Waals surface area contributed by atoms with Gasteiger partial charge in [-0.1, -0.05) is 47.5 Å². The normalized spacial score (nSPS) is 37.2. The van der Waals surface area contributed by atoms with E-state index in [-0.39, 0.29) is 31.4 Å². The van der Waals surface area contributed by atoms with E-state index in [4.69, 9.17) is 4.74 Å². The molecule has 1 saturated heterocycles. The van der Waals surface area contributed by atoms with Gasteiger partial charge in [0, 0.05) is 23.7 Å². The standard InChI is InChI=1S/C27H26O5S2/c1-16(2)23-19-13-14-20(23)27-22-15-21(26(19,27)32-27)24(33(28,29)17-9-5-3-6-10-17)25(22)34(30,31)18-11-7-4-8-12-18/h3-12,19-22H,13-15H2,1-2H3/t19-,20-,21+,22+,26-,27-/m1/s1. The maximum atomic E-state index is 14.1. The van der Waals surface area contributed by atoms with E-state index in [0.717, 1.165) is 12.8 Å². The van der Waals surface area contributed by atoms with E-state index in [1.54, 1.807) is 60.7 Å². The van der Waals surface area contributed by atoms with Crippen LogP contribution >= 0.6 is 0 Å². The lowest BCUT2D eigenvalue weighted by Gasteiger charge is -2.31. The van der Waals surface area contributed by atoms with E-state index in [1.165, 1.54) is 11.1 Å². The van der Waals surface area contributed by atoms with Crippen LogP contribution in [0, 0.1) is 23.7 Å². The van der Waals surface area contributed by atoms with Crippen molar-refractivity contribution < 1.29 is 21.6 Å². The van der Waals surface area contributed by atoms with E-state index in [0.29, 0.717) is 6.42 Å². The number of hydrogen-bond donors (Lipinski definition) is 0. The van der Waals surface area contributed by atoms with Crippen molar-refractivity contribution >= 4 is 19.7 Å². The van der Waals surface area contributed by atoms with E-state index in [1.807, 2.05) is 0 Å². The molecular formula is C27H26O5S2. The molecule has 4 fully saturated rings. The number of allylic oxidation sites excluding steroid dienone is 1. The highest BCUT2D eigenvalue weighted by atomic mass is 32.2. The van der Waals surface area contributed by atoms with Gasteiger partial charge in [-0.3, -0.25) is 0 Å². The molecule has 176 valence electrons. The zero-order chi connectivity index (χ0) is 23.7. The van der Waals surface area contributed by atoms with Gasteiger partial charge in [-0.2, -0.15) is 0 Å². The van der Waals surface area contributed by atoms with Gasteiger partial charge >= 0.3 is 0 Å². The highest BCUT2D eigenvalue weighted by molar-refractivity contribution is 7.99. The number of benzene rings is 2. The van der Waals surface area contributed by atoms with Crippen molar-refractivity contribution in [3.8, 4) is 0 Å². The maximum absolute atomic E-state index is 14.1. The summed E-state index contributed by atoms with van der Waals surface area (Å²) in [6, 6.07) is 16.5. The monoisotopic (exact) mass is 494 g/mol. The molecule has 1 heterocycles. The van der Waals surface area contributed by atoms with Crippen LogP contribution in [0.25, 0.3) is 0 Å². The zero-order valence-electron chi connectivity index (χ0n) is 19.1. The summed E-state index contributed by atoms with van der Waals surface area (Å²) in [7, 11) is -8.03. The van der Waals surface area contributed by atoms with Gasteiger partial charge in [-0.15, -0.1) is 0 Å². The van der Waals surface area contributed by atoms with Crippen molar-refractivity contribution in [1.82, 2.24) is 0 Å². The Morgan fingerprint density at radius 1 is 0.706 bits per heavy atom. The Morgan fingerprint density at radius 3 is 1.50 bits per heavy atom. The first kappa shape index (κ1) is 21.1. The second-order valence-electron chi connectivity index (χ2n) is 10.5. The van der Waals surface area contributed by atoms with Crippen molar-refractivity contribution in [2.45, 2.75) is 54.1 Å². The maximum Gasteiger partial charge on any atom is 0.204 e. The molecule has 5 aliphatic rings. The summed E-state index contributed by atoms with van der Waals surface area (Å²) in [6.07, 6.45) is 2.50. The molecule has 2 aromatic rings. The topological polar surface area (TPSA) is 80.8 Å². The number of hydrogen-bond acceptors (Lipinski definition) is 5. The number of rotatable bonds is 4. The van der Waals surface area contributed by atoms with Gasteiger partial charge in [0.25, 0.3) is 0 Å². The molecule has 0 aromatic heterocycles. The van der Waals surface area contributed by atoms with Crippen LogP contribution in [0.4, 0.5) is 0 Å². The second-order valence-corrected chi connectivity index (χ2v) is 14.4. The van der Waals surface area contributed by atoms with Gasteiger partial charge in [-0.05, 0) is 57.4 Å². The third-order valence-corrected chi connectivity index (χ3v) is 13.2. The first-order chi connectivity index (χ1) is 16.2. The molecule has 3 saturated carbocycles. The summed E-state index contributed by atoms with van der Waals surface area (Å²) in [5.74, 6) is -0.499. The summed E-state index contributed by atoms with van der Waals surface area (Å²) < 4.78 is 63.0. The van der Waals surface area contributed by atoms with Crippen molar-refractivity contribution in [1.29, 1.82) is 0 Å². The lowest BCUT2D eigenvalue weighted by Crippen LogP contribution is -2.41. The fourth-order valence-electron chi connectivity index (χ4n) is 8.21. The van der Waals surface area contributed by atoms with Gasteiger partial charge < -0.3 is 4.74 Å². The van der Waals surface area contributed by atoms with Crippen LogP contribution in [0.5, 0.6) is 0 Å². The van der Waals surface area contributed by atoms with Crippen LogP contribution in [0.2, 0.25) is 0 Å². The predicted molar refractivity (Wildman–Crippen MR) is 127 cm³/mol. The minimum absolute atomic E-state index is 0.0846. The van der Waals surface area contributed by atoms with Crippen molar-refractivity contribution in [3.63, 3.8) is 0 Å². The molecule has 0 spiro atoms. The summed E-state index contributed by atoms with van der Waals surface area (Å²) in [5, 5.41) is 0. The van der Waals surface area contributed by atoms with Gasteiger partial charge in [0.05, 0.1) is 19.6 Å². The molecular weight excluding hydrogens is 468 g/mol. The van der Waals surface area contributed by atoms with Crippen molar-refractivity contribution in [3.05, 3.63) is 81.6 Å². The van der Waals surface area contributed by atoms with E-state index in [2.05, 4.69) is 13.8 Å². The molecule has 34 heavy (non-hydrogen) atoms. The van der Waals surface area contributed by atoms with Gasteiger partial charge in [0.1, 0.15) is 11.2 Å². The molecule has 5 nitrogen and oxygen atoms in total. The molecule has 2 aromatic carbocycles. The Balaban J connectivity index is 1.51. The molecule has 0 radical (unpaired) electrons. The van der Waals surface area contributed by atoms with Crippen molar-refractivity contribution in [2.24, 2.45) is 23.7 Å². The van der Waals surface area contributed by atoms with E-state index >= 15 is 0 Å². The molecule has 4 aliphatic carbocycles. The van der Waals surface area contributed by atoms with Gasteiger partial charge in [0.15, 0.2) is 0 Å². The third kappa shape index (κ3) is 2.12. The second kappa shape index (κ2) is 6.31. The summed E-state index contributed by atoms with van der Waals surface area (Å²) in [6.45, 7) is 4.24. The SMILES string of the molecule is CC(C)=C1[C@H]2CC[C@H]1[C@]13O[C@@]21[C@H]1C[C@H]3C(S(=O)(=O)c2ccccc2)=C1S(=O)(=O)c1ccccc1. The summed E-state index contributed by atoms with van der Waals surface area (Å²) >= 11 is 0. The van der Waals surface area contributed by atoms with Gasteiger partial charge in [0.2, 0.25) is 19.7 Å². The molecule has 4 bridgehead atoms. The largest absolute Gasteiger partial charge is 0.360 e. The minimum Gasteiger partial charge on any atom is -0.360 e. The van der Waals surface area contributed by atoms with Crippen molar-refractivity contribution in [2.75, 3.05) is 0 Å². The highest BCUT2D eigenvalue weighted by Crippen LogP contribution is 2.87. The minimum atomic E-state index is -4.01. The van der Waals surface area contributed by atoms with Crippen LogP contribution in [0.3, 0.4) is 0 Å². The molecule has 6 atom stereocenters. The van der Waals surface area contributed by atoms with E-state index in [9.17, 15) is 16.8 Å². The summed E-state index contributed by atoms with van der Waals surface area (Å²) in [5.41, 5.74) is 1.51. The molecule has 7 heteroatoms. The zero-order valence-corrected chi connectivity index (χ0v) is 20.7. The molecule has 7 rings (SSSR count). The Labute approximate surface area is 200 Å². The Hall–Kier alpha value is -2.22. The Bertz CT molecular complexity index is 1410. The molecule has 0 N–H and O–H groups in total. The summed E-state index contributed by atoms with van der Waals surface area (Å²) in [4.78, 5) is 0.459. The number of ether oxygens (including phenoxy) is 1. The van der Waals surface area contributed by atoms with Crippen LogP contribution < -0.4 is 0 Å². The van der Waals surface area contributed by atoms with E-state index < -0.39 is 42.7 Å². The smallest absolute Gasteiger partial charge is 0.204 e. The van der Waals surface area contributed by atoms with Gasteiger partial charge in [-0.25, -0.2) is 16.8 Å². The average Bonchev–Trinajstić information content (AvgIpc) is 3.15. The number of epoxide rings is 1. The Morgan fingerprint density at radius 2 is 1.12 bits per heavy atom. The third-order valence-electron chi connectivity index (χ3n) is 9.08. The fourth-order valence-corrected chi connectivity index (χ4v) is 12.5. The predicted octanol–water partition coefficient (Wildman–Crippen LogP) is 4.68. The van der Waals surface area contributed by atoms with Crippen LogP contribution in [-0.4, -0.2) is 28.0 Å². The molecule has 0 amide bonds. The number of fused-ring (bicyclic) bond motifs is 4. The molecule has 0 unspecified atom stereocenters. The quantitative estimate of drug-likeness (QED) is 0.455. The van der Waals surface area contributed by atoms with Crippen LogP contribution in [0.15, 0.2) is 91.4 Å². The lowest BCUT2D eigenvalue weighted by atomic mass is 9.73. The van der Waals surface area contributed by atoms with Crippen LogP contribution in [-0.2, 0) is 24.4 Å². The lowest BCUT2D eigenvalue weighted by molar-refractivity contribution is 0.121. The number of sulfone groups is 2.